The highest BCUT2D eigenvalue weighted by Gasteiger charge is 2.52. The molecule has 3 saturated carbocycles. The van der Waals surface area contributed by atoms with Crippen molar-refractivity contribution in [3.05, 3.63) is 35.5 Å². The Morgan fingerprint density at radius 3 is 2.58 bits per heavy atom. The van der Waals surface area contributed by atoms with Crippen molar-refractivity contribution in [3.63, 3.8) is 0 Å². The van der Waals surface area contributed by atoms with Gasteiger partial charge in [0.25, 0.3) is 0 Å². The lowest BCUT2D eigenvalue weighted by Gasteiger charge is -2.45. The summed E-state index contributed by atoms with van der Waals surface area (Å²) in [6.45, 7) is 8.26. The minimum Gasteiger partial charge on any atom is -0.393 e. The number of hydrogen-bond donors (Lipinski definition) is 3. The summed E-state index contributed by atoms with van der Waals surface area (Å²) in [4.78, 5) is 0. The fraction of sp³-hybridized carbons (Fsp3) is 0.714. The second kappa shape index (κ2) is 6.78. The van der Waals surface area contributed by atoms with Crippen LogP contribution < -0.4 is 0 Å². The molecule has 0 heterocycles. The fourth-order valence-corrected chi connectivity index (χ4v) is 5.53. The molecule has 3 rings (SSSR count). The number of fused-ring (bicyclic) bond motifs is 1. The summed E-state index contributed by atoms with van der Waals surface area (Å²) in [5.74, 6) is 0.708. The van der Waals surface area contributed by atoms with Crippen LogP contribution in [-0.4, -0.2) is 33.6 Å². The molecule has 134 valence electrons. The molecule has 0 saturated heterocycles. The molecular formula is C21H32O3. The molecule has 3 heteroatoms. The van der Waals surface area contributed by atoms with E-state index in [0.717, 1.165) is 49.7 Å². The van der Waals surface area contributed by atoms with Crippen molar-refractivity contribution in [1.29, 1.82) is 0 Å². The van der Waals surface area contributed by atoms with Crippen LogP contribution in [0.15, 0.2) is 35.5 Å². The highest BCUT2D eigenvalue weighted by molar-refractivity contribution is 5.36. The van der Waals surface area contributed by atoms with E-state index in [0.29, 0.717) is 12.3 Å². The van der Waals surface area contributed by atoms with Gasteiger partial charge in [-0.3, -0.25) is 0 Å². The van der Waals surface area contributed by atoms with Crippen LogP contribution in [0.5, 0.6) is 0 Å². The van der Waals surface area contributed by atoms with Crippen LogP contribution in [0.1, 0.15) is 58.8 Å². The number of allylic oxidation sites excluding steroid dienone is 3. The molecule has 3 aliphatic carbocycles. The predicted molar refractivity (Wildman–Crippen MR) is 96.4 cm³/mol. The van der Waals surface area contributed by atoms with Gasteiger partial charge in [-0.25, -0.2) is 0 Å². The van der Waals surface area contributed by atoms with Gasteiger partial charge < -0.3 is 15.3 Å². The van der Waals surface area contributed by atoms with Crippen LogP contribution >= 0.6 is 0 Å². The van der Waals surface area contributed by atoms with Gasteiger partial charge in [0.15, 0.2) is 0 Å². The Morgan fingerprint density at radius 1 is 1.12 bits per heavy atom. The first-order chi connectivity index (χ1) is 11.3. The zero-order valence-electron chi connectivity index (χ0n) is 15.0. The van der Waals surface area contributed by atoms with Crippen LogP contribution in [-0.2, 0) is 0 Å². The molecule has 0 aromatic rings. The van der Waals surface area contributed by atoms with Gasteiger partial charge in [-0.2, -0.15) is 0 Å². The van der Waals surface area contributed by atoms with Gasteiger partial charge in [0.05, 0.1) is 18.3 Å². The molecule has 0 aromatic carbocycles. The fourth-order valence-electron chi connectivity index (χ4n) is 5.53. The van der Waals surface area contributed by atoms with E-state index in [2.05, 4.69) is 25.7 Å². The second-order valence-electron chi connectivity index (χ2n) is 8.48. The summed E-state index contributed by atoms with van der Waals surface area (Å²) in [7, 11) is 0. The molecule has 0 bridgehead atoms. The van der Waals surface area contributed by atoms with Crippen molar-refractivity contribution in [1.82, 2.24) is 0 Å². The number of rotatable bonds is 2. The van der Waals surface area contributed by atoms with E-state index in [1.54, 1.807) is 0 Å². The molecule has 0 aromatic heterocycles. The third-order valence-corrected chi connectivity index (χ3v) is 6.77. The van der Waals surface area contributed by atoms with Crippen LogP contribution in [0, 0.1) is 17.3 Å². The summed E-state index contributed by atoms with van der Waals surface area (Å²) in [5, 5.41) is 30.5. The molecular weight excluding hydrogens is 300 g/mol. The Kier molecular flexibility index (Phi) is 5.06. The third-order valence-electron chi connectivity index (χ3n) is 6.77. The molecule has 0 unspecified atom stereocenters. The highest BCUT2D eigenvalue weighted by Crippen LogP contribution is 2.58. The molecule has 0 aliphatic heterocycles. The second-order valence-corrected chi connectivity index (χ2v) is 8.48. The molecule has 24 heavy (non-hydrogen) atoms. The van der Waals surface area contributed by atoms with E-state index in [1.165, 1.54) is 5.57 Å². The van der Waals surface area contributed by atoms with Crippen molar-refractivity contribution in [2.24, 2.45) is 17.3 Å². The number of aliphatic hydroxyl groups is 3. The van der Waals surface area contributed by atoms with Gasteiger partial charge >= 0.3 is 0 Å². The maximum Gasteiger partial charge on any atom is 0.0583 e. The first-order valence-corrected chi connectivity index (χ1v) is 9.43. The molecule has 3 fully saturated rings. The molecule has 0 amide bonds. The summed E-state index contributed by atoms with van der Waals surface area (Å²) in [6, 6.07) is 0. The van der Waals surface area contributed by atoms with Crippen molar-refractivity contribution >= 4 is 0 Å². The maximum absolute atomic E-state index is 10.4. The van der Waals surface area contributed by atoms with E-state index < -0.39 is 0 Å². The van der Waals surface area contributed by atoms with Crippen LogP contribution in [0.4, 0.5) is 0 Å². The Balaban J connectivity index is 1.86. The lowest BCUT2D eigenvalue weighted by molar-refractivity contribution is -0.0110. The quantitative estimate of drug-likeness (QED) is 0.725. The lowest BCUT2D eigenvalue weighted by Crippen LogP contribution is -2.42. The summed E-state index contributed by atoms with van der Waals surface area (Å²) >= 11 is 0. The van der Waals surface area contributed by atoms with E-state index in [4.69, 9.17) is 0 Å². The van der Waals surface area contributed by atoms with Gasteiger partial charge in [-0.05, 0) is 74.7 Å². The van der Waals surface area contributed by atoms with E-state index in [-0.39, 0.29) is 29.6 Å². The first kappa shape index (κ1) is 17.9. The Labute approximate surface area is 145 Å². The standard InChI is InChI=1S/C21H32O3/c1-13-4-7-17(23)10-15(13)5-6-16-11-18(24)12-21(3)19(14(2)22)8-9-20(16)21/h5-6,14,17-20,22-24H,1,4,7-12H2,2-3H3/t14-,17+,18+,19+,20-,21+/m0/s1. The average Bonchev–Trinajstić information content (AvgIpc) is 2.84. The third kappa shape index (κ3) is 3.26. The monoisotopic (exact) mass is 332 g/mol. The molecule has 3 N–H and O–H groups in total. The molecule has 6 atom stereocenters. The lowest BCUT2D eigenvalue weighted by atomic mass is 9.61. The average molecular weight is 332 g/mol. The van der Waals surface area contributed by atoms with Crippen molar-refractivity contribution < 1.29 is 15.3 Å². The Morgan fingerprint density at radius 2 is 1.88 bits per heavy atom. The maximum atomic E-state index is 10.4. The molecule has 0 spiro atoms. The molecule has 3 aliphatic rings. The first-order valence-electron chi connectivity index (χ1n) is 9.43. The summed E-state index contributed by atoms with van der Waals surface area (Å²) in [6.07, 6.45) is 9.39. The predicted octanol–water partition coefficient (Wildman–Crippen LogP) is 3.51. The van der Waals surface area contributed by atoms with Crippen molar-refractivity contribution in [3.8, 4) is 0 Å². The normalized spacial score (nSPS) is 44.8. The largest absolute Gasteiger partial charge is 0.393 e. The Hall–Kier alpha value is -0.900. The molecule has 0 radical (unpaired) electrons. The van der Waals surface area contributed by atoms with Crippen molar-refractivity contribution in [2.45, 2.75) is 77.1 Å². The SMILES string of the molecule is C=C1CC[C@@H](O)CC1=CC=C1C[C@@H](O)C[C@]2(C)[C@@H]([C@H](C)O)CC[C@@H]12. The Bertz CT molecular complexity index is 559. The van der Waals surface area contributed by atoms with Gasteiger partial charge in [0.1, 0.15) is 0 Å². The van der Waals surface area contributed by atoms with Crippen LogP contribution in [0.2, 0.25) is 0 Å². The smallest absolute Gasteiger partial charge is 0.0583 e. The van der Waals surface area contributed by atoms with Gasteiger partial charge in [0, 0.05) is 0 Å². The molecule has 3 nitrogen and oxygen atoms in total. The summed E-state index contributed by atoms with van der Waals surface area (Å²) in [5.41, 5.74) is 3.57. The van der Waals surface area contributed by atoms with Crippen LogP contribution in [0.25, 0.3) is 0 Å². The minimum atomic E-state index is -0.324. The van der Waals surface area contributed by atoms with E-state index in [9.17, 15) is 15.3 Å². The zero-order valence-corrected chi connectivity index (χ0v) is 15.0. The van der Waals surface area contributed by atoms with Crippen molar-refractivity contribution in [2.75, 3.05) is 0 Å². The highest BCUT2D eigenvalue weighted by atomic mass is 16.3. The zero-order chi connectivity index (χ0) is 17.5. The van der Waals surface area contributed by atoms with E-state index >= 15 is 0 Å². The van der Waals surface area contributed by atoms with Gasteiger partial charge in [-0.1, -0.05) is 36.8 Å². The van der Waals surface area contributed by atoms with E-state index in [1.807, 2.05) is 6.92 Å². The number of aliphatic hydroxyl groups excluding tert-OH is 3. The van der Waals surface area contributed by atoms with Gasteiger partial charge in [0.2, 0.25) is 0 Å². The summed E-state index contributed by atoms with van der Waals surface area (Å²) < 4.78 is 0. The minimum absolute atomic E-state index is 0.0146. The topological polar surface area (TPSA) is 60.7 Å². The van der Waals surface area contributed by atoms with Gasteiger partial charge in [-0.15, -0.1) is 0 Å². The number of hydrogen-bond acceptors (Lipinski definition) is 3. The van der Waals surface area contributed by atoms with Crippen LogP contribution in [0.3, 0.4) is 0 Å².